The minimum Gasteiger partial charge on any atom is -0.327 e. The van der Waals surface area contributed by atoms with Crippen molar-refractivity contribution in [2.45, 2.75) is 6.92 Å². The number of H-pyrrole nitrogens is 1. The van der Waals surface area contributed by atoms with Crippen LogP contribution in [-0.4, -0.2) is 4.98 Å². The zero-order chi connectivity index (χ0) is 8.72. The van der Waals surface area contributed by atoms with Crippen LogP contribution in [0.1, 0.15) is 4.88 Å². The van der Waals surface area contributed by atoms with Gasteiger partial charge in [0.05, 0.1) is 14.6 Å². The highest BCUT2D eigenvalue weighted by molar-refractivity contribution is 9.10. The Bertz CT molecular complexity index is 485. The number of pyridine rings is 1. The molecule has 0 aliphatic carbocycles. The summed E-state index contributed by atoms with van der Waals surface area (Å²) in [5, 5.41) is 0.770. The largest absolute Gasteiger partial charge is 0.327 e. The maximum atomic E-state index is 11.3. The maximum absolute atomic E-state index is 11.3. The molecule has 0 aliphatic heterocycles. The van der Waals surface area contributed by atoms with Crippen LogP contribution in [0.15, 0.2) is 21.5 Å². The number of hydrogen-bond donors (Lipinski definition) is 1. The molecule has 2 heterocycles. The van der Waals surface area contributed by atoms with Crippen molar-refractivity contribution < 1.29 is 0 Å². The van der Waals surface area contributed by atoms with Crippen molar-refractivity contribution in [3.05, 3.63) is 32.0 Å². The maximum Gasteiger partial charge on any atom is 0.256 e. The average Bonchev–Trinajstić information content (AvgIpc) is 2.41. The highest BCUT2D eigenvalue weighted by Gasteiger charge is 2.05. The fraction of sp³-hybridized carbons (Fsp3) is 0.125. The summed E-state index contributed by atoms with van der Waals surface area (Å²) in [5.41, 5.74) is -0.0162. The van der Waals surface area contributed by atoms with Crippen molar-refractivity contribution in [2.75, 3.05) is 0 Å². The van der Waals surface area contributed by atoms with Gasteiger partial charge in [-0.2, -0.15) is 0 Å². The van der Waals surface area contributed by atoms with Crippen LogP contribution in [0.25, 0.3) is 10.1 Å². The molecular weight excluding hydrogens is 238 g/mol. The molecule has 2 aromatic rings. The standard InChI is InChI=1S/C8H6BrNOS/c1-4-2-5-7(12-4)6(9)3-10-8(5)11/h2-3H,1H3,(H,10,11). The zero-order valence-electron chi connectivity index (χ0n) is 6.35. The SMILES string of the molecule is Cc1cc2c(=O)[nH]cc(Br)c2s1. The van der Waals surface area contributed by atoms with Crippen LogP contribution in [-0.2, 0) is 0 Å². The monoisotopic (exact) mass is 243 g/mol. The smallest absolute Gasteiger partial charge is 0.256 e. The van der Waals surface area contributed by atoms with Crippen LogP contribution in [0.3, 0.4) is 0 Å². The summed E-state index contributed by atoms with van der Waals surface area (Å²) in [5.74, 6) is 0. The van der Waals surface area contributed by atoms with E-state index in [4.69, 9.17) is 0 Å². The van der Waals surface area contributed by atoms with Gasteiger partial charge in [0.25, 0.3) is 5.56 Å². The third-order valence-electron chi connectivity index (χ3n) is 1.65. The predicted octanol–water partition coefficient (Wildman–Crippen LogP) is 2.66. The number of aromatic nitrogens is 1. The summed E-state index contributed by atoms with van der Waals surface area (Å²) in [6.07, 6.45) is 1.68. The molecule has 0 fully saturated rings. The molecule has 62 valence electrons. The molecule has 0 bridgehead atoms. The molecule has 0 amide bonds. The summed E-state index contributed by atoms with van der Waals surface area (Å²) in [7, 11) is 0. The Morgan fingerprint density at radius 2 is 2.33 bits per heavy atom. The number of thiophene rings is 1. The second-order valence-corrected chi connectivity index (χ2v) is 4.68. The van der Waals surface area contributed by atoms with Crippen molar-refractivity contribution in [1.82, 2.24) is 4.98 Å². The number of fused-ring (bicyclic) bond motifs is 1. The van der Waals surface area contributed by atoms with Crippen LogP contribution >= 0.6 is 27.3 Å². The molecule has 2 aromatic heterocycles. The van der Waals surface area contributed by atoms with E-state index in [-0.39, 0.29) is 5.56 Å². The first-order valence-corrected chi connectivity index (χ1v) is 5.07. The lowest BCUT2D eigenvalue weighted by molar-refractivity contribution is 1.27. The molecular formula is C8H6BrNOS. The molecule has 0 saturated heterocycles. The number of nitrogens with one attached hydrogen (secondary N) is 1. The fourth-order valence-corrected chi connectivity index (χ4v) is 2.62. The van der Waals surface area contributed by atoms with Gasteiger partial charge in [-0.05, 0) is 28.9 Å². The van der Waals surface area contributed by atoms with Gasteiger partial charge in [0, 0.05) is 11.1 Å². The summed E-state index contributed by atoms with van der Waals surface area (Å²) in [6.45, 7) is 2.00. The molecule has 4 heteroatoms. The van der Waals surface area contributed by atoms with E-state index >= 15 is 0 Å². The minimum absolute atomic E-state index is 0.0162. The van der Waals surface area contributed by atoms with Gasteiger partial charge in [-0.25, -0.2) is 0 Å². The molecule has 0 spiro atoms. The topological polar surface area (TPSA) is 32.9 Å². The Morgan fingerprint density at radius 3 is 3.00 bits per heavy atom. The van der Waals surface area contributed by atoms with E-state index in [9.17, 15) is 4.79 Å². The summed E-state index contributed by atoms with van der Waals surface area (Å²) >= 11 is 5.01. The average molecular weight is 244 g/mol. The first-order valence-electron chi connectivity index (χ1n) is 3.46. The van der Waals surface area contributed by atoms with Gasteiger partial charge in [0.15, 0.2) is 0 Å². The second kappa shape index (κ2) is 2.71. The number of rotatable bonds is 0. The first kappa shape index (κ1) is 8.01. The lowest BCUT2D eigenvalue weighted by atomic mass is 10.3. The van der Waals surface area contributed by atoms with E-state index in [0.717, 1.165) is 19.4 Å². The first-order chi connectivity index (χ1) is 5.68. The van der Waals surface area contributed by atoms with Crippen molar-refractivity contribution in [3.8, 4) is 0 Å². The van der Waals surface area contributed by atoms with Crippen molar-refractivity contribution in [2.24, 2.45) is 0 Å². The van der Waals surface area contributed by atoms with Gasteiger partial charge >= 0.3 is 0 Å². The van der Waals surface area contributed by atoms with E-state index in [1.54, 1.807) is 17.5 Å². The normalized spacial score (nSPS) is 10.8. The van der Waals surface area contributed by atoms with E-state index in [1.165, 1.54) is 0 Å². The molecule has 0 aromatic carbocycles. The van der Waals surface area contributed by atoms with Gasteiger partial charge < -0.3 is 4.98 Å². The van der Waals surface area contributed by atoms with E-state index in [1.807, 2.05) is 13.0 Å². The van der Waals surface area contributed by atoms with Gasteiger partial charge in [-0.3, -0.25) is 4.79 Å². The highest BCUT2D eigenvalue weighted by Crippen LogP contribution is 2.28. The fourth-order valence-electron chi connectivity index (χ4n) is 1.13. The zero-order valence-corrected chi connectivity index (χ0v) is 8.75. The van der Waals surface area contributed by atoms with Crippen molar-refractivity contribution >= 4 is 37.4 Å². The van der Waals surface area contributed by atoms with Gasteiger partial charge in [-0.1, -0.05) is 0 Å². The molecule has 2 rings (SSSR count). The number of aromatic amines is 1. The lowest BCUT2D eigenvalue weighted by Gasteiger charge is -1.90. The van der Waals surface area contributed by atoms with E-state index < -0.39 is 0 Å². The molecule has 0 aliphatic rings. The molecule has 0 atom stereocenters. The van der Waals surface area contributed by atoms with Crippen LogP contribution in [0, 0.1) is 6.92 Å². The number of hydrogen-bond acceptors (Lipinski definition) is 2. The number of aryl methyl sites for hydroxylation is 1. The van der Waals surface area contributed by atoms with Crippen LogP contribution in [0.5, 0.6) is 0 Å². The van der Waals surface area contributed by atoms with Crippen LogP contribution in [0.4, 0.5) is 0 Å². The predicted molar refractivity (Wildman–Crippen MR) is 54.9 cm³/mol. The van der Waals surface area contributed by atoms with E-state index in [2.05, 4.69) is 20.9 Å². The van der Waals surface area contributed by atoms with Crippen LogP contribution in [0.2, 0.25) is 0 Å². The lowest BCUT2D eigenvalue weighted by Crippen LogP contribution is -2.02. The summed E-state index contributed by atoms with van der Waals surface area (Å²) < 4.78 is 1.98. The van der Waals surface area contributed by atoms with E-state index in [0.29, 0.717) is 0 Å². The molecule has 0 radical (unpaired) electrons. The second-order valence-electron chi connectivity index (χ2n) is 2.57. The quantitative estimate of drug-likeness (QED) is 0.759. The Balaban J connectivity index is 3.03. The Morgan fingerprint density at radius 1 is 1.58 bits per heavy atom. The Hall–Kier alpha value is -0.610. The Kier molecular flexibility index (Phi) is 1.81. The van der Waals surface area contributed by atoms with Crippen molar-refractivity contribution in [1.29, 1.82) is 0 Å². The Labute approximate surface area is 81.4 Å². The molecule has 2 nitrogen and oxygen atoms in total. The van der Waals surface area contributed by atoms with Crippen molar-refractivity contribution in [3.63, 3.8) is 0 Å². The summed E-state index contributed by atoms with van der Waals surface area (Å²) in [6, 6.07) is 1.91. The molecule has 1 N–H and O–H groups in total. The summed E-state index contributed by atoms with van der Waals surface area (Å²) in [4.78, 5) is 15.1. The third-order valence-corrected chi connectivity index (χ3v) is 3.62. The molecule has 0 saturated carbocycles. The molecule has 12 heavy (non-hydrogen) atoms. The molecule has 0 unspecified atom stereocenters. The number of halogens is 1. The minimum atomic E-state index is -0.0162. The highest BCUT2D eigenvalue weighted by atomic mass is 79.9. The van der Waals surface area contributed by atoms with Gasteiger partial charge in [0.1, 0.15) is 0 Å². The van der Waals surface area contributed by atoms with Gasteiger partial charge in [0.2, 0.25) is 0 Å². The van der Waals surface area contributed by atoms with Gasteiger partial charge in [-0.15, -0.1) is 11.3 Å². The van der Waals surface area contributed by atoms with Crippen LogP contribution < -0.4 is 5.56 Å². The third kappa shape index (κ3) is 1.11.